The van der Waals surface area contributed by atoms with E-state index < -0.39 is 17.8 Å². The van der Waals surface area contributed by atoms with Gasteiger partial charge in [-0.15, -0.1) is 0 Å². The SMILES string of the molecule is COc1cccc(C2=NC(c3c(F)cccc3F)N=C2c2cccc(OC)c2)c1. The average Bonchev–Trinajstić information content (AvgIpc) is 3.19. The van der Waals surface area contributed by atoms with Crippen LogP contribution in [0, 0.1) is 11.6 Å². The Kier molecular flexibility index (Phi) is 5.08. The standard InChI is InChI=1S/C23H18F2N2O2/c1-28-16-8-3-6-14(12-16)21-22(15-7-4-9-17(13-15)29-2)27-23(26-21)20-18(24)10-5-11-19(20)25/h3-13,23H,1-2H3. The number of benzene rings is 3. The second-order valence-corrected chi connectivity index (χ2v) is 6.43. The largest absolute Gasteiger partial charge is 0.497 e. The lowest BCUT2D eigenvalue weighted by Gasteiger charge is -2.09. The second-order valence-electron chi connectivity index (χ2n) is 6.43. The zero-order valence-corrected chi connectivity index (χ0v) is 15.9. The topological polar surface area (TPSA) is 43.2 Å². The highest BCUT2D eigenvalue weighted by molar-refractivity contribution is 6.54. The number of halogens is 2. The normalized spacial score (nSPS) is 13.8. The van der Waals surface area contributed by atoms with Gasteiger partial charge in [-0.2, -0.15) is 0 Å². The molecule has 146 valence electrons. The molecule has 0 amide bonds. The van der Waals surface area contributed by atoms with Crippen molar-refractivity contribution in [1.29, 1.82) is 0 Å². The van der Waals surface area contributed by atoms with Gasteiger partial charge in [-0.05, 0) is 36.4 Å². The predicted molar refractivity (Wildman–Crippen MR) is 108 cm³/mol. The molecule has 3 aromatic carbocycles. The van der Waals surface area contributed by atoms with Crippen LogP contribution in [0.4, 0.5) is 8.78 Å². The van der Waals surface area contributed by atoms with Gasteiger partial charge in [0.05, 0.1) is 31.2 Å². The van der Waals surface area contributed by atoms with Crippen LogP contribution in [0.1, 0.15) is 22.9 Å². The molecule has 0 fully saturated rings. The predicted octanol–water partition coefficient (Wildman–Crippen LogP) is 4.97. The third-order valence-corrected chi connectivity index (χ3v) is 4.67. The van der Waals surface area contributed by atoms with Gasteiger partial charge in [0, 0.05) is 11.1 Å². The maximum Gasteiger partial charge on any atom is 0.172 e. The van der Waals surface area contributed by atoms with E-state index in [0.29, 0.717) is 22.9 Å². The van der Waals surface area contributed by atoms with Crippen molar-refractivity contribution < 1.29 is 18.3 Å². The van der Waals surface area contributed by atoms with Crippen LogP contribution in [-0.2, 0) is 0 Å². The van der Waals surface area contributed by atoms with E-state index in [1.807, 2.05) is 48.5 Å². The van der Waals surface area contributed by atoms with E-state index in [4.69, 9.17) is 9.47 Å². The van der Waals surface area contributed by atoms with Gasteiger partial charge in [0.15, 0.2) is 6.17 Å². The number of nitrogens with zero attached hydrogens (tertiary/aromatic N) is 2. The van der Waals surface area contributed by atoms with Crippen molar-refractivity contribution in [3.63, 3.8) is 0 Å². The van der Waals surface area contributed by atoms with Crippen LogP contribution in [0.25, 0.3) is 0 Å². The second kappa shape index (κ2) is 7.83. The Morgan fingerprint density at radius 2 is 1.14 bits per heavy atom. The molecule has 0 saturated carbocycles. The van der Waals surface area contributed by atoms with Crippen molar-refractivity contribution in [2.45, 2.75) is 6.17 Å². The third kappa shape index (κ3) is 3.61. The summed E-state index contributed by atoms with van der Waals surface area (Å²) in [7, 11) is 3.15. The fourth-order valence-corrected chi connectivity index (χ4v) is 3.25. The fourth-order valence-electron chi connectivity index (χ4n) is 3.25. The number of hydrogen-bond acceptors (Lipinski definition) is 4. The Morgan fingerprint density at radius 1 is 0.690 bits per heavy atom. The summed E-state index contributed by atoms with van der Waals surface area (Å²) in [5.74, 6) is -0.0646. The molecule has 1 aliphatic heterocycles. The van der Waals surface area contributed by atoms with Gasteiger partial charge in [0.2, 0.25) is 0 Å². The number of hydrogen-bond donors (Lipinski definition) is 0. The van der Waals surface area contributed by atoms with Crippen molar-refractivity contribution >= 4 is 11.4 Å². The molecule has 0 aromatic heterocycles. The van der Waals surface area contributed by atoms with E-state index >= 15 is 0 Å². The van der Waals surface area contributed by atoms with Gasteiger partial charge in [-0.1, -0.05) is 30.3 Å². The van der Waals surface area contributed by atoms with Crippen LogP contribution in [-0.4, -0.2) is 25.6 Å². The number of methoxy groups -OCH3 is 2. The molecule has 1 heterocycles. The Morgan fingerprint density at radius 3 is 1.59 bits per heavy atom. The Hall–Kier alpha value is -3.54. The molecule has 0 radical (unpaired) electrons. The lowest BCUT2D eigenvalue weighted by Crippen LogP contribution is -2.14. The monoisotopic (exact) mass is 392 g/mol. The summed E-state index contributed by atoms with van der Waals surface area (Å²) in [4.78, 5) is 9.15. The molecule has 0 saturated heterocycles. The first kappa shape index (κ1) is 18.8. The van der Waals surface area contributed by atoms with Gasteiger partial charge in [-0.3, -0.25) is 9.98 Å². The summed E-state index contributed by atoms with van der Waals surface area (Å²) < 4.78 is 39.4. The van der Waals surface area contributed by atoms with Crippen LogP contribution in [0.15, 0.2) is 76.7 Å². The molecule has 3 aromatic rings. The van der Waals surface area contributed by atoms with Gasteiger partial charge in [0.1, 0.15) is 23.1 Å². The van der Waals surface area contributed by atoms with Crippen molar-refractivity contribution in [2.24, 2.45) is 9.98 Å². The maximum absolute atomic E-state index is 14.4. The van der Waals surface area contributed by atoms with Crippen molar-refractivity contribution in [3.8, 4) is 11.5 Å². The first-order chi connectivity index (χ1) is 14.1. The van der Waals surface area contributed by atoms with Crippen LogP contribution >= 0.6 is 0 Å². The van der Waals surface area contributed by atoms with E-state index in [1.54, 1.807) is 14.2 Å². The molecule has 4 nitrogen and oxygen atoms in total. The van der Waals surface area contributed by atoms with Crippen LogP contribution < -0.4 is 9.47 Å². The van der Waals surface area contributed by atoms with Crippen LogP contribution in [0.2, 0.25) is 0 Å². The number of aliphatic imine (C=N–C) groups is 2. The average molecular weight is 392 g/mol. The first-order valence-electron chi connectivity index (χ1n) is 8.99. The molecular formula is C23H18F2N2O2. The molecule has 0 aliphatic carbocycles. The summed E-state index contributed by atoms with van der Waals surface area (Å²) in [6.45, 7) is 0. The summed E-state index contributed by atoms with van der Waals surface area (Å²) >= 11 is 0. The lowest BCUT2D eigenvalue weighted by atomic mass is 10.00. The highest BCUT2D eigenvalue weighted by Crippen LogP contribution is 2.32. The van der Waals surface area contributed by atoms with Gasteiger partial charge in [0.25, 0.3) is 0 Å². The highest BCUT2D eigenvalue weighted by atomic mass is 19.1. The smallest absolute Gasteiger partial charge is 0.172 e. The minimum Gasteiger partial charge on any atom is -0.497 e. The zero-order chi connectivity index (χ0) is 20.4. The summed E-state index contributed by atoms with van der Waals surface area (Å²) in [5, 5.41) is 0. The Labute approximate surface area is 167 Å². The molecule has 0 bridgehead atoms. The molecule has 29 heavy (non-hydrogen) atoms. The van der Waals surface area contributed by atoms with E-state index in [2.05, 4.69) is 9.98 Å². The minimum atomic E-state index is -1.02. The molecule has 1 aliphatic rings. The first-order valence-corrected chi connectivity index (χ1v) is 8.99. The molecule has 0 unspecified atom stereocenters. The van der Waals surface area contributed by atoms with Gasteiger partial charge >= 0.3 is 0 Å². The number of ether oxygens (including phenoxy) is 2. The van der Waals surface area contributed by atoms with Gasteiger partial charge in [-0.25, -0.2) is 8.78 Å². The molecule has 6 heteroatoms. The van der Waals surface area contributed by atoms with Crippen LogP contribution in [0.3, 0.4) is 0 Å². The van der Waals surface area contributed by atoms with E-state index in [-0.39, 0.29) is 5.56 Å². The molecule has 0 spiro atoms. The molecular weight excluding hydrogens is 374 g/mol. The van der Waals surface area contributed by atoms with Crippen molar-refractivity contribution in [2.75, 3.05) is 14.2 Å². The van der Waals surface area contributed by atoms with E-state index in [9.17, 15) is 8.78 Å². The summed E-state index contributed by atoms with van der Waals surface area (Å²) in [6.07, 6.45) is -1.02. The molecule has 4 rings (SSSR count). The maximum atomic E-state index is 14.4. The van der Waals surface area contributed by atoms with E-state index in [0.717, 1.165) is 11.1 Å². The van der Waals surface area contributed by atoms with Crippen molar-refractivity contribution in [1.82, 2.24) is 0 Å². The summed E-state index contributed by atoms with van der Waals surface area (Å²) in [6, 6.07) is 18.4. The van der Waals surface area contributed by atoms with Gasteiger partial charge < -0.3 is 9.47 Å². The third-order valence-electron chi connectivity index (χ3n) is 4.67. The Bertz CT molecular complexity index is 1040. The highest BCUT2D eigenvalue weighted by Gasteiger charge is 2.29. The van der Waals surface area contributed by atoms with Crippen molar-refractivity contribution in [3.05, 3.63) is 95.1 Å². The minimum absolute atomic E-state index is 0.175. The quantitative estimate of drug-likeness (QED) is 0.615. The van der Waals surface area contributed by atoms with Crippen LogP contribution in [0.5, 0.6) is 11.5 Å². The Balaban J connectivity index is 1.88. The number of rotatable bonds is 5. The molecule has 0 atom stereocenters. The lowest BCUT2D eigenvalue weighted by molar-refractivity contribution is 0.414. The van der Waals surface area contributed by atoms with E-state index in [1.165, 1.54) is 18.2 Å². The summed E-state index contributed by atoms with van der Waals surface area (Å²) in [5.41, 5.74) is 2.37. The zero-order valence-electron chi connectivity index (χ0n) is 15.9. The fraction of sp³-hybridized carbons (Fsp3) is 0.130. The molecule has 0 N–H and O–H groups in total.